The van der Waals surface area contributed by atoms with Gasteiger partial charge in [0.1, 0.15) is 0 Å². The molecule has 92 valence electrons. The fraction of sp³-hybridized carbons (Fsp3) is 0.562. The van der Waals surface area contributed by atoms with Gasteiger partial charge in [0.25, 0.3) is 0 Å². The van der Waals surface area contributed by atoms with Crippen molar-refractivity contribution >= 4 is 5.78 Å². The van der Waals surface area contributed by atoms with Crippen LogP contribution in [0.2, 0.25) is 0 Å². The summed E-state index contributed by atoms with van der Waals surface area (Å²) in [6.07, 6.45) is 6.84. The Morgan fingerprint density at radius 1 is 1.12 bits per heavy atom. The number of benzene rings is 1. The minimum atomic E-state index is -0.105. The predicted octanol–water partition coefficient (Wildman–Crippen LogP) is 4.40. The van der Waals surface area contributed by atoms with Crippen LogP contribution in [0.15, 0.2) is 24.3 Å². The van der Waals surface area contributed by atoms with E-state index in [-0.39, 0.29) is 5.41 Å². The van der Waals surface area contributed by atoms with E-state index in [2.05, 4.69) is 26.0 Å². The standard InChI is InChI=1S/C16H22O/c1-3-13-7-9-14(10-8-13)15(17)16(2)11-5-4-6-12-16/h7-10H,3-6,11-12H2,1-2H3. The van der Waals surface area contributed by atoms with Gasteiger partial charge in [-0.15, -0.1) is 0 Å². The first-order valence-electron chi connectivity index (χ1n) is 6.79. The van der Waals surface area contributed by atoms with Crippen LogP contribution in [0.4, 0.5) is 0 Å². The summed E-state index contributed by atoms with van der Waals surface area (Å²) in [5, 5.41) is 0. The first-order chi connectivity index (χ1) is 8.15. The summed E-state index contributed by atoms with van der Waals surface area (Å²) in [5.74, 6) is 0.347. The normalized spacial score (nSPS) is 18.9. The highest BCUT2D eigenvalue weighted by Gasteiger charge is 2.34. The van der Waals surface area contributed by atoms with E-state index in [1.165, 1.54) is 24.8 Å². The highest BCUT2D eigenvalue weighted by Crippen LogP contribution is 2.38. The Labute approximate surface area is 104 Å². The molecule has 0 atom stereocenters. The smallest absolute Gasteiger partial charge is 0.168 e. The van der Waals surface area contributed by atoms with Gasteiger partial charge < -0.3 is 0 Å². The summed E-state index contributed by atoms with van der Waals surface area (Å²) in [4.78, 5) is 12.5. The molecule has 1 aliphatic carbocycles. The van der Waals surface area contributed by atoms with Gasteiger partial charge in [0.15, 0.2) is 5.78 Å². The second-order valence-electron chi connectivity index (χ2n) is 5.50. The van der Waals surface area contributed by atoms with Crippen molar-refractivity contribution in [2.24, 2.45) is 5.41 Å². The van der Waals surface area contributed by atoms with Crippen molar-refractivity contribution in [1.29, 1.82) is 0 Å². The Balaban J connectivity index is 2.17. The average molecular weight is 230 g/mol. The molecule has 0 aliphatic heterocycles. The van der Waals surface area contributed by atoms with E-state index in [0.29, 0.717) is 5.78 Å². The molecule has 2 rings (SSSR count). The maximum atomic E-state index is 12.5. The van der Waals surface area contributed by atoms with Gasteiger partial charge in [0.05, 0.1) is 0 Å². The van der Waals surface area contributed by atoms with Crippen molar-refractivity contribution in [3.63, 3.8) is 0 Å². The van der Waals surface area contributed by atoms with Crippen molar-refractivity contribution in [1.82, 2.24) is 0 Å². The Morgan fingerprint density at radius 2 is 1.71 bits per heavy atom. The Kier molecular flexibility index (Phi) is 3.66. The molecule has 1 aromatic carbocycles. The molecule has 17 heavy (non-hydrogen) atoms. The van der Waals surface area contributed by atoms with E-state index in [4.69, 9.17) is 0 Å². The zero-order valence-electron chi connectivity index (χ0n) is 11.0. The fourth-order valence-corrected chi connectivity index (χ4v) is 2.80. The maximum absolute atomic E-state index is 12.5. The van der Waals surface area contributed by atoms with Crippen molar-refractivity contribution in [2.75, 3.05) is 0 Å². The molecular formula is C16H22O. The van der Waals surface area contributed by atoms with Crippen LogP contribution in [0.25, 0.3) is 0 Å². The summed E-state index contributed by atoms with van der Waals surface area (Å²) in [7, 11) is 0. The molecule has 1 heteroatoms. The molecule has 1 aliphatic rings. The third-order valence-electron chi connectivity index (χ3n) is 4.13. The van der Waals surface area contributed by atoms with Gasteiger partial charge in [-0.25, -0.2) is 0 Å². The van der Waals surface area contributed by atoms with Gasteiger partial charge in [-0.1, -0.05) is 57.4 Å². The Morgan fingerprint density at radius 3 is 2.24 bits per heavy atom. The molecule has 0 radical (unpaired) electrons. The van der Waals surface area contributed by atoms with Crippen LogP contribution in [-0.4, -0.2) is 5.78 Å². The second-order valence-corrected chi connectivity index (χ2v) is 5.50. The van der Waals surface area contributed by atoms with E-state index < -0.39 is 0 Å². The average Bonchev–Trinajstić information content (AvgIpc) is 2.39. The number of Topliss-reactive ketones (excluding diaryl/α,β-unsaturated/α-hetero) is 1. The summed E-state index contributed by atoms with van der Waals surface area (Å²) >= 11 is 0. The summed E-state index contributed by atoms with van der Waals surface area (Å²) in [6.45, 7) is 4.28. The number of carbonyl (C=O) groups excluding carboxylic acids is 1. The first-order valence-corrected chi connectivity index (χ1v) is 6.79. The second kappa shape index (κ2) is 5.03. The summed E-state index contributed by atoms with van der Waals surface area (Å²) in [6, 6.07) is 8.17. The monoisotopic (exact) mass is 230 g/mol. The van der Waals surface area contributed by atoms with E-state index in [1.807, 2.05) is 12.1 Å². The van der Waals surface area contributed by atoms with Crippen molar-refractivity contribution in [3.8, 4) is 0 Å². The lowest BCUT2D eigenvalue weighted by atomic mass is 9.71. The van der Waals surface area contributed by atoms with E-state index >= 15 is 0 Å². The molecule has 1 aromatic rings. The van der Waals surface area contributed by atoms with Crippen molar-refractivity contribution in [2.45, 2.75) is 52.4 Å². The number of hydrogen-bond acceptors (Lipinski definition) is 1. The van der Waals surface area contributed by atoms with E-state index in [1.54, 1.807) is 0 Å². The lowest BCUT2D eigenvalue weighted by molar-refractivity contribution is 0.0749. The molecule has 1 saturated carbocycles. The van der Waals surface area contributed by atoms with Gasteiger partial charge in [-0.3, -0.25) is 4.79 Å². The first kappa shape index (κ1) is 12.3. The molecule has 1 nitrogen and oxygen atoms in total. The topological polar surface area (TPSA) is 17.1 Å². The van der Waals surface area contributed by atoms with Crippen LogP contribution in [-0.2, 0) is 6.42 Å². The molecule has 0 unspecified atom stereocenters. The molecule has 1 fully saturated rings. The molecule has 0 N–H and O–H groups in total. The number of carbonyl (C=O) groups is 1. The molecule has 0 amide bonds. The fourth-order valence-electron chi connectivity index (χ4n) is 2.80. The highest BCUT2D eigenvalue weighted by atomic mass is 16.1. The molecule has 0 bridgehead atoms. The number of rotatable bonds is 3. The molecule has 0 spiro atoms. The molecular weight excluding hydrogens is 208 g/mol. The van der Waals surface area contributed by atoms with E-state index in [0.717, 1.165) is 24.8 Å². The van der Waals surface area contributed by atoms with Crippen LogP contribution >= 0.6 is 0 Å². The van der Waals surface area contributed by atoms with Gasteiger partial charge in [-0.2, -0.15) is 0 Å². The van der Waals surface area contributed by atoms with Crippen LogP contribution in [0.3, 0.4) is 0 Å². The lowest BCUT2D eigenvalue weighted by Gasteiger charge is -2.32. The molecule has 0 aromatic heterocycles. The predicted molar refractivity (Wildman–Crippen MR) is 71.3 cm³/mol. The minimum absolute atomic E-state index is 0.105. The quantitative estimate of drug-likeness (QED) is 0.703. The van der Waals surface area contributed by atoms with Gasteiger partial charge in [0, 0.05) is 11.0 Å². The maximum Gasteiger partial charge on any atom is 0.168 e. The largest absolute Gasteiger partial charge is 0.294 e. The molecule has 0 saturated heterocycles. The SMILES string of the molecule is CCc1ccc(C(=O)C2(C)CCCCC2)cc1. The third-order valence-corrected chi connectivity index (χ3v) is 4.13. The van der Waals surface area contributed by atoms with E-state index in [9.17, 15) is 4.79 Å². The van der Waals surface area contributed by atoms with Crippen molar-refractivity contribution < 1.29 is 4.79 Å². The van der Waals surface area contributed by atoms with Crippen LogP contribution < -0.4 is 0 Å². The van der Waals surface area contributed by atoms with Gasteiger partial charge in [0.2, 0.25) is 0 Å². The zero-order chi connectivity index (χ0) is 12.3. The molecule has 0 heterocycles. The lowest BCUT2D eigenvalue weighted by Crippen LogP contribution is -2.30. The van der Waals surface area contributed by atoms with Gasteiger partial charge >= 0.3 is 0 Å². The number of hydrogen-bond donors (Lipinski definition) is 0. The Hall–Kier alpha value is -1.11. The van der Waals surface area contributed by atoms with Crippen LogP contribution in [0.1, 0.15) is 61.9 Å². The van der Waals surface area contributed by atoms with Crippen LogP contribution in [0, 0.1) is 5.41 Å². The minimum Gasteiger partial charge on any atom is -0.294 e. The number of ketones is 1. The van der Waals surface area contributed by atoms with Crippen LogP contribution in [0.5, 0.6) is 0 Å². The van der Waals surface area contributed by atoms with Gasteiger partial charge in [-0.05, 0) is 24.8 Å². The number of aryl methyl sites for hydroxylation is 1. The summed E-state index contributed by atoms with van der Waals surface area (Å²) in [5.41, 5.74) is 2.09. The Bertz CT molecular complexity index is 382. The summed E-state index contributed by atoms with van der Waals surface area (Å²) < 4.78 is 0. The zero-order valence-corrected chi connectivity index (χ0v) is 11.0. The third kappa shape index (κ3) is 2.59. The van der Waals surface area contributed by atoms with Crippen molar-refractivity contribution in [3.05, 3.63) is 35.4 Å². The highest BCUT2D eigenvalue weighted by molar-refractivity contribution is 6.00.